The number of pyridine rings is 1. The van der Waals surface area contributed by atoms with Gasteiger partial charge in [0.15, 0.2) is 11.5 Å². The van der Waals surface area contributed by atoms with Crippen molar-refractivity contribution in [2.24, 2.45) is 0 Å². The highest BCUT2D eigenvalue weighted by molar-refractivity contribution is 5.65. The number of nitrogen functional groups attached to an aromatic ring is 1. The topological polar surface area (TPSA) is 118 Å². The van der Waals surface area contributed by atoms with Gasteiger partial charge < -0.3 is 15.0 Å². The molecule has 9 nitrogen and oxygen atoms in total. The summed E-state index contributed by atoms with van der Waals surface area (Å²) in [4.78, 5) is 8.47. The first-order valence-corrected chi connectivity index (χ1v) is 7.37. The number of anilines is 1. The normalized spacial score (nSPS) is 10.8. The Labute approximate surface area is 142 Å². The maximum atomic E-state index is 6.15. The van der Waals surface area contributed by atoms with Gasteiger partial charge in [0.25, 0.3) is 5.89 Å². The van der Waals surface area contributed by atoms with Crippen molar-refractivity contribution in [2.75, 3.05) is 12.8 Å². The predicted octanol–water partition coefficient (Wildman–Crippen LogP) is 1.97. The highest BCUT2D eigenvalue weighted by atomic mass is 16.5. The first kappa shape index (κ1) is 14.8. The second-order valence-corrected chi connectivity index (χ2v) is 5.07. The fourth-order valence-electron chi connectivity index (χ4n) is 2.27. The molecule has 0 unspecified atom stereocenters. The van der Waals surface area contributed by atoms with E-state index in [-0.39, 0.29) is 5.89 Å². The zero-order valence-corrected chi connectivity index (χ0v) is 13.2. The molecule has 0 aliphatic rings. The van der Waals surface area contributed by atoms with Crippen molar-refractivity contribution in [1.82, 2.24) is 30.1 Å². The summed E-state index contributed by atoms with van der Waals surface area (Å²) in [6.45, 7) is 0. The molecule has 0 saturated carbocycles. The lowest BCUT2D eigenvalue weighted by Crippen LogP contribution is -2.02. The van der Waals surface area contributed by atoms with Crippen molar-refractivity contribution in [2.45, 2.75) is 0 Å². The fourth-order valence-corrected chi connectivity index (χ4v) is 2.27. The van der Waals surface area contributed by atoms with Crippen LogP contribution in [-0.2, 0) is 0 Å². The molecule has 4 aromatic rings. The number of hydrogen-bond acceptors (Lipinski definition) is 8. The van der Waals surface area contributed by atoms with Gasteiger partial charge in [-0.15, -0.1) is 5.10 Å². The Hall–Kier alpha value is -3.75. The SMILES string of the molecule is COc1ccc(-n2nnc(-c3nc(-c4ccccn4)no3)c2N)cc1. The lowest BCUT2D eigenvalue weighted by Gasteiger charge is -2.04. The van der Waals surface area contributed by atoms with E-state index in [1.54, 1.807) is 19.4 Å². The standard InChI is InChI=1S/C16H13N7O2/c1-24-11-7-5-10(6-8-11)23-14(17)13(20-22-23)16-19-15(21-25-16)12-4-2-3-9-18-12/h2-9H,17H2,1H3. The van der Waals surface area contributed by atoms with E-state index in [1.165, 1.54) is 4.68 Å². The summed E-state index contributed by atoms with van der Waals surface area (Å²) in [5, 5.41) is 12.0. The van der Waals surface area contributed by atoms with Crippen LogP contribution in [0.25, 0.3) is 28.8 Å². The van der Waals surface area contributed by atoms with Gasteiger partial charge in [-0.1, -0.05) is 16.4 Å². The van der Waals surface area contributed by atoms with Crippen LogP contribution in [0.5, 0.6) is 5.75 Å². The molecular formula is C16H13N7O2. The van der Waals surface area contributed by atoms with Crippen molar-refractivity contribution in [3.63, 3.8) is 0 Å². The predicted molar refractivity (Wildman–Crippen MR) is 88.8 cm³/mol. The van der Waals surface area contributed by atoms with Crippen LogP contribution in [0.3, 0.4) is 0 Å². The number of rotatable bonds is 4. The van der Waals surface area contributed by atoms with Crippen LogP contribution in [0.15, 0.2) is 53.2 Å². The summed E-state index contributed by atoms with van der Waals surface area (Å²) in [7, 11) is 1.60. The Morgan fingerprint density at radius 2 is 1.96 bits per heavy atom. The van der Waals surface area contributed by atoms with Crippen LogP contribution >= 0.6 is 0 Å². The third-order valence-corrected chi connectivity index (χ3v) is 3.54. The highest BCUT2D eigenvalue weighted by Gasteiger charge is 2.20. The van der Waals surface area contributed by atoms with E-state index in [1.807, 2.05) is 36.4 Å². The molecule has 3 aromatic heterocycles. The maximum absolute atomic E-state index is 6.15. The molecule has 124 valence electrons. The second kappa shape index (κ2) is 6.04. The number of benzene rings is 1. The Balaban J connectivity index is 1.68. The molecule has 1 aromatic carbocycles. The number of aromatic nitrogens is 6. The van der Waals surface area contributed by atoms with E-state index in [0.717, 1.165) is 11.4 Å². The van der Waals surface area contributed by atoms with Gasteiger partial charge in [0.2, 0.25) is 5.82 Å². The van der Waals surface area contributed by atoms with Crippen molar-refractivity contribution in [1.29, 1.82) is 0 Å². The van der Waals surface area contributed by atoms with Gasteiger partial charge in [0, 0.05) is 6.20 Å². The molecule has 9 heteroatoms. The van der Waals surface area contributed by atoms with Gasteiger partial charge in [-0.3, -0.25) is 4.98 Å². The summed E-state index contributed by atoms with van der Waals surface area (Å²) >= 11 is 0. The largest absolute Gasteiger partial charge is 0.497 e. The molecule has 3 heterocycles. The molecule has 0 aliphatic heterocycles. The number of nitrogens with two attached hydrogens (primary N) is 1. The molecular weight excluding hydrogens is 322 g/mol. The third kappa shape index (κ3) is 2.67. The second-order valence-electron chi connectivity index (χ2n) is 5.07. The van der Waals surface area contributed by atoms with Crippen LogP contribution in [0, 0.1) is 0 Å². The van der Waals surface area contributed by atoms with Crippen molar-refractivity contribution in [3.05, 3.63) is 48.7 Å². The fraction of sp³-hybridized carbons (Fsp3) is 0.0625. The monoisotopic (exact) mass is 335 g/mol. The Morgan fingerprint density at radius 3 is 2.68 bits per heavy atom. The van der Waals surface area contributed by atoms with Crippen molar-refractivity contribution >= 4 is 5.82 Å². The number of hydrogen-bond donors (Lipinski definition) is 1. The van der Waals surface area contributed by atoms with Gasteiger partial charge in [-0.2, -0.15) is 9.67 Å². The van der Waals surface area contributed by atoms with Crippen molar-refractivity contribution in [3.8, 4) is 34.5 Å². The molecule has 25 heavy (non-hydrogen) atoms. The minimum atomic E-state index is 0.179. The van der Waals surface area contributed by atoms with Crippen LogP contribution < -0.4 is 10.5 Å². The summed E-state index contributed by atoms with van der Waals surface area (Å²) in [5.74, 6) is 1.56. The minimum absolute atomic E-state index is 0.179. The Kier molecular flexibility index (Phi) is 3.58. The van der Waals surface area contributed by atoms with Crippen LogP contribution in [-0.4, -0.2) is 37.2 Å². The molecule has 0 bridgehead atoms. The zero-order chi connectivity index (χ0) is 17.2. The van der Waals surface area contributed by atoms with Gasteiger partial charge in [-0.05, 0) is 36.4 Å². The lowest BCUT2D eigenvalue weighted by molar-refractivity contribution is 0.414. The van der Waals surface area contributed by atoms with Crippen LogP contribution in [0.1, 0.15) is 0 Å². The summed E-state index contributed by atoms with van der Waals surface area (Å²) in [5.41, 5.74) is 7.79. The molecule has 0 aliphatic carbocycles. The smallest absolute Gasteiger partial charge is 0.282 e. The maximum Gasteiger partial charge on any atom is 0.282 e. The minimum Gasteiger partial charge on any atom is -0.497 e. The van der Waals surface area contributed by atoms with E-state index in [2.05, 4.69) is 25.4 Å². The van der Waals surface area contributed by atoms with E-state index < -0.39 is 0 Å². The van der Waals surface area contributed by atoms with Gasteiger partial charge >= 0.3 is 0 Å². The molecule has 0 amide bonds. The molecule has 0 spiro atoms. The van der Waals surface area contributed by atoms with Gasteiger partial charge in [0.05, 0.1) is 12.8 Å². The van der Waals surface area contributed by atoms with Crippen LogP contribution in [0.2, 0.25) is 0 Å². The zero-order valence-electron chi connectivity index (χ0n) is 13.2. The number of methoxy groups -OCH3 is 1. The molecule has 2 N–H and O–H groups in total. The van der Waals surface area contributed by atoms with Crippen molar-refractivity contribution < 1.29 is 9.26 Å². The third-order valence-electron chi connectivity index (χ3n) is 3.54. The first-order chi connectivity index (χ1) is 12.3. The van der Waals surface area contributed by atoms with Crippen LogP contribution in [0.4, 0.5) is 5.82 Å². The average Bonchev–Trinajstić information content (AvgIpc) is 3.29. The Morgan fingerprint density at radius 1 is 1.12 bits per heavy atom. The van der Waals surface area contributed by atoms with E-state index >= 15 is 0 Å². The quantitative estimate of drug-likeness (QED) is 0.601. The summed E-state index contributed by atoms with van der Waals surface area (Å²) < 4.78 is 11.9. The van der Waals surface area contributed by atoms with E-state index in [9.17, 15) is 0 Å². The highest BCUT2D eigenvalue weighted by Crippen LogP contribution is 2.26. The lowest BCUT2D eigenvalue weighted by atomic mass is 10.3. The van der Waals surface area contributed by atoms with E-state index in [0.29, 0.717) is 23.0 Å². The number of ether oxygens (including phenoxy) is 1. The molecule has 0 fully saturated rings. The van der Waals surface area contributed by atoms with Gasteiger partial charge in [0.1, 0.15) is 11.4 Å². The summed E-state index contributed by atoms with van der Waals surface area (Å²) in [6.07, 6.45) is 1.65. The average molecular weight is 335 g/mol. The molecule has 0 atom stereocenters. The molecule has 4 rings (SSSR count). The van der Waals surface area contributed by atoms with Gasteiger partial charge in [-0.25, -0.2) is 0 Å². The summed E-state index contributed by atoms with van der Waals surface area (Å²) in [6, 6.07) is 12.7. The molecule has 0 saturated heterocycles. The van der Waals surface area contributed by atoms with E-state index in [4.69, 9.17) is 15.0 Å². The number of nitrogens with zero attached hydrogens (tertiary/aromatic N) is 6. The molecule has 0 radical (unpaired) electrons. The first-order valence-electron chi connectivity index (χ1n) is 7.37. The Bertz CT molecular complexity index is 993.